The molecular formula is C18H14ClNO4. The third-order valence-corrected chi connectivity index (χ3v) is 3.64. The Kier molecular flexibility index (Phi) is 4.53. The van der Waals surface area contributed by atoms with Crippen molar-refractivity contribution in [1.29, 1.82) is 0 Å². The Labute approximate surface area is 142 Å². The zero-order valence-electron chi connectivity index (χ0n) is 12.8. The number of halogens is 1. The average Bonchev–Trinajstić information content (AvgIpc) is 2.52. The molecule has 1 heterocycles. The van der Waals surface area contributed by atoms with Crippen LogP contribution in [0.25, 0.3) is 11.0 Å². The van der Waals surface area contributed by atoms with Crippen LogP contribution in [0.5, 0.6) is 5.75 Å². The van der Waals surface area contributed by atoms with Gasteiger partial charge in [-0.1, -0.05) is 17.7 Å². The van der Waals surface area contributed by atoms with Crippen molar-refractivity contribution in [1.82, 2.24) is 0 Å². The summed E-state index contributed by atoms with van der Waals surface area (Å²) in [6, 6.07) is 13.4. The molecule has 1 aromatic heterocycles. The molecule has 1 N–H and O–H groups in total. The lowest BCUT2D eigenvalue weighted by atomic mass is 10.1. The summed E-state index contributed by atoms with van der Waals surface area (Å²) in [6.07, 6.45) is 0. The number of hydrogen-bond acceptors (Lipinski definition) is 4. The van der Waals surface area contributed by atoms with E-state index in [0.29, 0.717) is 22.0 Å². The third kappa shape index (κ3) is 3.75. The van der Waals surface area contributed by atoms with Gasteiger partial charge in [0, 0.05) is 28.2 Å². The number of nitrogens with one attached hydrogen (secondary N) is 1. The van der Waals surface area contributed by atoms with E-state index in [2.05, 4.69) is 5.32 Å². The Morgan fingerprint density at radius 3 is 2.83 bits per heavy atom. The molecule has 0 atom stereocenters. The van der Waals surface area contributed by atoms with Gasteiger partial charge in [-0.2, -0.15) is 0 Å². The Morgan fingerprint density at radius 1 is 1.21 bits per heavy atom. The summed E-state index contributed by atoms with van der Waals surface area (Å²) in [5, 5.41) is 4.06. The van der Waals surface area contributed by atoms with E-state index in [4.69, 9.17) is 20.8 Å². The predicted octanol–water partition coefficient (Wildman–Crippen LogP) is 3.77. The van der Waals surface area contributed by atoms with Crippen molar-refractivity contribution in [2.45, 2.75) is 6.92 Å². The molecule has 3 rings (SSSR count). The van der Waals surface area contributed by atoms with Crippen molar-refractivity contribution in [2.75, 3.05) is 11.9 Å². The van der Waals surface area contributed by atoms with Crippen LogP contribution in [0.15, 0.2) is 57.7 Å². The van der Waals surface area contributed by atoms with Gasteiger partial charge in [-0.15, -0.1) is 0 Å². The number of rotatable bonds is 4. The highest BCUT2D eigenvalue weighted by Crippen LogP contribution is 2.21. The molecule has 0 aliphatic heterocycles. The molecule has 0 radical (unpaired) electrons. The first-order chi connectivity index (χ1) is 11.5. The maximum atomic E-state index is 12.0. The van der Waals surface area contributed by atoms with Gasteiger partial charge >= 0.3 is 5.63 Å². The van der Waals surface area contributed by atoms with Gasteiger partial charge in [0.15, 0.2) is 6.61 Å². The number of carbonyl (C=O) groups is 1. The van der Waals surface area contributed by atoms with Crippen molar-refractivity contribution in [3.63, 3.8) is 0 Å². The molecule has 122 valence electrons. The first kappa shape index (κ1) is 16.1. The summed E-state index contributed by atoms with van der Waals surface area (Å²) < 4.78 is 10.5. The molecule has 2 aromatic carbocycles. The van der Waals surface area contributed by atoms with Crippen molar-refractivity contribution < 1.29 is 13.9 Å². The molecule has 0 aliphatic rings. The minimum absolute atomic E-state index is 0.157. The van der Waals surface area contributed by atoms with E-state index >= 15 is 0 Å². The van der Waals surface area contributed by atoms with E-state index in [-0.39, 0.29) is 12.5 Å². The van der Waals surface area contributed by atoms with E-state index < -0.39 is 5.63 Å². The van der Waals surface area contributed by atoms with Crippen LogP contribution < -0.4 is 15.7 Å². The zero-order valence-corrected chi connectivity index (χ0v) is 13.6. The number of carbonyl (C=O) groups excluding carboxylic acids is 1. The Hall–Kier alpha value is -2.79. The number of ether oxygens (including phenoxy) is 1. The highest BCUT2D eigenvalue weighted by molar-refractivity contribution is 6.30. The number of fused-ring (bicyclic) bond motifs is 1. The highest BCUT2D eigenvalue weighted by Gasteiger charge is 2.07. The fourth-order valence-electron chi connectivity index (χ4n) is 2.31. The number of aryl methyl sites for hydroxylation is 1. The molecule has 0 unspecified atom stereocenters. The van der Waals surface area contributed by atoms with Gasteiger partial charge < -0.3 is 14.5 Å². The SMILES string of the molecule is Cc1cc(=O)oc2cc(NC(=O)COc3cccc(Cl)c3)ccc12. The summed E-state index contributed by atoms with van der Waals surface area (Å²) in [5.74, 6) is 0.183. The van der Waals surface area contributed by atoms with Crippen LogP contribution in [0.2, 0.25) is 5.02 Å². The summed E-state index contributed by atoms with van der Waals surface area (Å²) in [7, 11) is 0. The first-order valence-electron chi connectivity index (χ1n) is 7.24. The lowest BCUT2D eigenvalue weighted by molar-refractivity contribution is -0.118. The van der Waals surface area contributed by atoms with Gasteiger partial charge in [0.1, 0.15) is 11.3 Å². The Morgan fingerprint density at radius 2 is 2.04 bits per heavy atom. The van der Waals surface area contributed by atoms with Crippen molar-refractivity contribution in [3.05, 3.63) is 69.5 Å². The second-order valence-electron chi connectivity index (χ2n) is 5.25. The molecule has 0 saturated carbocycles. The molecule has 3 aromatic rings. The van der Waals surface area contributed by atoms with Crippen LogP contribution >= 0.6 is 11.6 Å². The topological polar surface area (TPSA) is 68.5 Å². The Balaban J connectivity index is 1.70. The number of benzene rings is 2. The zero-order chi connectivity index (χ0) is 17.1. The first-order valence-corrected chi connectivity index (χ1v) is 7.62. The second-order valence-corrected chi connectivity index (χ2v) is 5.69. The molecule has 0 saturated heterocycles. The van der Waals surface area contributed by atoms with E-state index in [1.54, 1.807) is 42.5 Å². The minimum Gasteiger partial charge on any atom is -0.484 e. The summed E-state index contributed by atoms with van der Waals surface area (Å²) >= 11 is 5.85. The molecular weight excluding hydrogens is 330 g/mol. The van der Waals surface area contributed by atoms with Gasteiger partial charge in [-0.25, -0.2) is 4.79 Å². The fraction of sp³-hybridized carbons (Fsp3) is 0.111. The van der Waals surface area contributed by atoms with E-state index in [1.807, 2.05) is 6.92 Å². The quantitative estimate of drug-likeness (QED) is 0.732. The monoisotopic (exact) mass is 343 g/mol. The van der Waals surface area contributed by atoms with Crippen molar-refractivity contribution in [2.24, 2.45) is 0 Å². The molecule has 0 aliphatic carbocycles. The average molecular weight is 344 g/mol. The van der Waals surface area contributed by atoms with Gasteiger partial charge in [0.2, 0.25) is 0 Å². The van der Waals surface area contributed by atoms with E-state index in [9.17, 15) is 9.59 Å². The standard InChI is InChI=1S/C18H14ClNO4/c1-11-7-18(22)24-16-9-13(5-6-15(11)16)20-17(21)10-23-14-4-2-3-12(19)8-14/h2-9H,10H2,1H3,(H,20,21). The van der Waals surface area contributed by atoms with Crippen LogP contribution in [0, 0.1) is 6.92 Å². The van der Waals surface area contributed by atoms with Gasteiger partial charge in [-0.05, 0) is 42.8 Å². The third-order valence-electron chi connectivity index (χ3n) is 3.40. The number of amides is 1. The normalized spacial score (nSPS) is 10.6. The molecule has 0 bridgehead atoms. The van der Waals surface area contributed by atoms with Crippen molar-refractivity contribution >= 4 is 34.2 Å². The fourth-order valence-corrected chi connectivity index (χ4v) is 2.49. The molecule has 1 amide bonds. The number of hydrogen-bond donors (Lipinski definition) is 1. The largest absolute Gasteiger partial charge is 0.484 e. The minimum atomic E-state index is -0.423. The number of anilines is 1. The van der Waals surface area contributed by atoms with Crippen LogP contribution in [0.4, 0.5) is 5.69 Å². The maximum Gasteiger partial charge on any atom is 0.336 e. The smallest absolute Gasteiger partial charge is 0.336 e. The van der Waals surface area contributed by atoms with E-state index in [0.717, 1.165) is 10.9 Å². The van der Waals surface area contributed by atoms with Crippen LogP contribution in [-0.2, 0) is 4.79 Å². The lowest BCUT2D eigenvalue weighted by Crippen LogP contribution is -2.20. The molecule has 0 spiro atoms. The maximum absolute atomic E-state index is 12.0. The highest BCUT2D eigenvalue weighted by atomic mass is 35.5. The Bertz CT molecular complexity index is 965. The summed E-state index contributed by atoms with van der Waals surface area (Å²) in [5.41, 5.74) is 1.35. The molecule has 24 heavy (non-hydrogen) atoms. The van der Waals surface area contributed by atoms with Crippen LogP contribution in [-0.4, -0.2) is 12.5 Å². The van der Waals surface area contributed by atoms with Crippen LogP contribution in [0.3, 0.4) is 0 Å². The van der Waals surface area contributed by atoms with Crippen molar-refractivity contribution in [3.8, 4) is 5.75 Å². The summed E-state index contributed by atoms with van der Waals surface area (Å²) in [6.45, 7) is 1.67. The lowest BCUT2D eigenvalue weighted by Gasteiger charge is -2.08. The van der Waals surface area contributed by atoms with Gasteiger partial charge in [0.05, 0.1) is 0 Å². The van der Waals surface area contributed by atoms with Crippen LogP contribution in [0.1, 0.15) is 5.56 Å². The molecule has 0 fully saturated rings. The molecule has 6 heteroatoms. The summed E-state index contributed by atoms with van der Waals surface area (Å²) in [4.78, 5) is 23.4. The van der Waals surface area contributed by atoms with Gasteiger partial charge in [0.25, 0.3) is 5.91 Å². The second kappa shape index (κ2) is 6.76. The van der Waals surface area contributed by atoms with Gasteiger partial charge in [-0.3, -0.25) is 4.79 Å². The predicted molar refractivity (Wildman–Crippen MR) is 92.8 cm³/mol. The van der Waals surface area contributed by atoms with E-state index in [1.165, 1.54) is 6.07 Å². The molecule has 5 nitrogen and oxygen atoms in total.